The molecule has 4 nitrogen and oxygen atoms in total. The molecule has 2 aliphatic heterocycles. The summed E-state index contributed by atoms with van der Waals surface area (Å²) >= 11 is 0. The van der Waals surface area contributed by atoms with Crippen LogP contribution in [-0.2, 0) is 6.54 Å². The lowest BCUT2D eigenvalue weighted by molar-refractivity contribution is 0.0919. The Labute approximate surface area is 187 Å². The monoisotopic (exact) mass is 422 g/mol. The Bertz CT molecular complexity index is 843. The maximum Gasteiger partial charge on any atom is 0.120 e. The van der Waals surface area contributed by atoms with Crippen molar-refractivity contribution in [2.45, 2.75) is 51.7 Å². The largest absolute Gasteiger partial charge is 0.497 e. The molecule has 0 aliphatic carbocycles. The lowest BCUT2D eigenvalue weighted by Crippen LogP contribution is -2.37. The summed E-state index contributed by atoms with van der Waals surface area (Å²) in [6, 6.07) is 15.3. The Kier molecular flexibility index (Phi) is 7.19. The lowest BCUT2D eigenvalue weighted by atomic mass is 9.84. The van der Waals surface area contributed by atoms with Gasteiger partial charge in [-0.3, -0.25) is 0 Å². The van der Waals surface area contributed by atoms with Gasteiger partial charge in [0.25, 0.3) is 0 Å². The lowest BCUT2D eigenvalue weighted by Gasteiger charge is -2.34. The molecule has 4 rings (SSSR count). The van der Waals surface area contributed by atoms with Gasteiger partial charge in [-0.15, -0.1) is 0 Å². The SMILES string of the molecule is COc1ccc(C2CN(C)Cc3cc(OC(CC(C)C)C4CCNCC4)ccc32)cc1. The normalized spacial score (nSPS) is 21.0. The maximum absolute atomic E-state index is 6.67. The van der Waals surface area contributed by atoms with E-state index in [1.165, 1.54) is 29.5 Å². The zero-order chi connectivity index (χ0) is 21.8. The molecule has 168 valence electrons. The molecule has 2 aromatic carbocycles. The van der Waals surface area contributed by atoms with Crippen LogP contribution in [0, 0.1) is 11.8 Å². The molecule has 1 fully saturated rings. The van der Waals surface area contributed by atoms with Crippen molar-refractivity contribution < 1.29 is 9.47 Å². The molecule has 1 saturated heterocycles. The molecule has 1 N–H and O–H groups in total. The van der Waals surface area contributed by atoms with E-state index in [-0.39, 0.29) is 0 Å². The van der Waals surface area contributed by atoms with Gasteiger partial charge in [0.1, 0.15) is 17.6 Å². The topological polar surface area (TPSA) is 33.7 Å². The minimum Gasteiger partial charge on any atom is -0.497 e. The van der Waals surface area contributed by atoms with Gasteiger partial charge in [0, 0.05) is 19.0 Å². The van der Waals surface area contributed by atoms with Crippen LogP contribution in [0.3, 0.4) is 0 Å². The fourth-order valence-electron chi connectivity index (χ4n) is 5.21. The first-order chi connectivity index (χ1) is 15.0. The summed E-state index contributed by atoms with van der Waals surface area (Å²) in [5.41, 5.74) is 4.16. The fraction of sp³-hybridized carbons (Fsp3) is 0.556. The van der Waals surface area contributed by atoms with Gasteiger partial charge >= 0.3 is 0 Å². The molecular weight excluding hydrogens is 384 g/mol. The number of hydrogen-bond donors (Lipinski definition) is 1. The van der Waals surface area contributed by atoms with Gasteiger partial charge in [-0.05, 0) is 92.2 Å². The van der Waals surface area contributed by atoms with Crippen molar-refractivity contribution in [1.82, 2.24) is 10.2 Å². The first-order valence-corrected chi connectivity index (χ1v) is 11.9. The van der Waals surface area contributed by atoms with Crippen molar-refractivity contribution in [1.29, 1.82) is 0 Å². The highest BCUT2D eigenvalue weighted by molar-refractivity contribution is 5.45. The van der Waals surface area contributed by atoms with Crippen LogP contribution in [0.5, 0.6) is 11.5 Å². The molecule has 2 unspecified atom stereocenters. The predicted octanol–water partition coefficient (Wildman–Crippen LogP) is 5.07. The number of ether oxygens (including phenoxy) is 2. The Morgan fingerprint density at radius 3 is 2.42 bits per heavy atom. The maximum atomic E-state index is 6.67. The van der Waals surface area contributed by atoms with E-state index < -0.39 is 0 Å². The highest BCUT2D eigenvalue weighted by Crippen LogP contribution is 2.36. The van der Waals surface area contributed by atoms with Crippen LogP contribution in [0.2, 0.25) is 0 Å². The summed E-state index contributed by atoms with van der Waals surface area (Å²) in [4.78, 5) is 2.42. The van der Waals surface area contributed by atoms with Crippen molar-refractivity contribution in [3.05, 3.63) is 59.2 Å². The number of piperidine rings is 1. The first-order valence-electron chi connectivity index (χ1n) is 11.9. The third-order valence-corrected chi connectivity index (χ3v) is 6.84. The second kappa shape index (κ2) is 10.1. The Hall–Kier alpha value is -2.04. The van der Waals surface area contributed by atoms with E-state index in [4.69, 9.17) is 9.47 Å². The van der Waals surface area contributed by atoms with E-state index in [2.05, 4.69) is 73.6 Å². The molecule has 2 atom stereocenters. The van der Waals surface area contributed by atoms with Crippen LogP contribution >= 0.6 is 0 Å². The van der Waals surface area contributed by atoms with Crippen LogP contribution in [0.25, 0.3) is 0 Å². The van der Waals surface area contributed by atoms with Crippen LogP contribution in [-0.4, -0.2) is 44.8 Å². The van der Waals surface area contributed by atoms with Gasteiger partial charge in [-0.1, -0.05) is 32.0 Å². The average Bonchev–Trinajstić information content (AvgIpc) is 2.78. The number of benzene rings is 2. The zero-order valence-corrected chi connectivity index (χ0v) is 19.6. The molecule has 0 radical (unpaired) electrons. The first kappa shape index (κ1) is 22.2. The van der Waals surface area contributed by atoms with Crippen molar-refractivity contribution >= 4 is 0 Å². The third-order valence-electron chi connectivity index (χ3n) is 6.84. The van der Waals surface area contributed by atoms with Gasteiger partial charge in [-0.2, -0.15) is 0 Å². The summed E-state index contributed by atoms with van der Waals surface area (Å²) in [5.74, 6) is 3.61. The summed E-state index contributed by atoms with van der Waals surface area (Å²) in [7, 11) is 3.93. The molecule has 2 aromatic rings. The van der Waals surface area contributed by atoms with Gasteiger partial charge in [0.15, 0.2) is 0 Å². The number of rotatable bonds is 7. The number of nitrogens with one attached hydrogen (secondary N) is 1. The Morgan fingerprint density at radius 2 is 1.74 bits per heavy atom. The summed E-state index contributed by atoms with van der Waals surface area (Å²) < 4.78 is 12.0. The molecule has 2 heterocycles. The molecule has 0 bridgehead atoms. The van der Waals surface area contributed by atoms with Crippen LogP contribution < -0.4 is 14.8 Å². The Balaban J connectivity index is 1.56. The van der Waals surface area contributed by atoms with Gasteiger partial charge in [0.2, 0.25) is 0 Å². The zero-order valence-electron chi connectivity index (χ0n) is 19.6. The van der Waals surface area contributed by atoms with E-state index in [1.807, 2.05) is 0 Å². The summed E-state index contributed by atoms with van der Waals surface area (Å²) in [6.07, 6.45) is 3.85. The van der Waals surface area contributed by atoms with Gasteiger partial charge in [0.05, 0.1) is 7.11 Å². The smallest absolute Gasteiger partial charge is 0.120 e. The summed E-state index contributed by atoms with van der Waals surface area (Å²) in [6.45, 7) is 8.84. The quantitative estimate of drug-likeness (QED) is 0.676. The fourth-order valence-corrected chi connectivity index (χ4v) is 5.21. The van der Waals surface area contributed by atoms with E-state index in [9.17, 15) is 0 Å². The van der Waals surface area contributed by atoms with Crippen molar-refractivity contribution in [3.8, 4) is 11.5 Å². The van der Waals surface area contributed by atoms with Crippen molar-refractivity contribution in [2.75, 3.05) is 33.8 Å². The molecule has 0 saturated carbocycles. The van der Waals surface area contributed by atoms with E-state index in [0.29, 0.717) is 23.9 Å². The molecule has 0 amide bonds. The highest BCUT2D eigenvalue weighted by Gasteiger charge is 2.28. The standard InChI is InChI=1S/C27H38N2O2/c1-19(2)15-27(21-11-13-28-14-12-21)31-24-9-10-25-22(16-24)17-29(3)18-26(25)20-5-7-23(30-4)8-6-20/h5-10,16,19,21,26-28H,11-15,17-18H2,1-4H3. The number of hydrogen-bond acceptors (Lipinski definition) is 4. The van der Waals surface area contributed by atoms with Crippen LogP contribution in [0.1, 0.15) is 55.7 Å². The highest BCUT2D eigenvalue weighted by atomic mass is 16.5. The average molecular weight is 423 g/mol. The van der Waals surface area contributed by atoms with Crippen LogP contribution in [0.15, 0.2) is 42.5 Å². The molecule has 31 heavy (non-hydrogen) atoms. The molecule has 0 aromatic heterocycles. The van der Waals surface area contributed by atoms with E-state index in [1.54, 1.807) is 7.11 Å². The molecule has 0 spiro atoms. The van der Waals surface area contributed by atoms with Crippen LogP contribution in [0.4, 0.5) is 0 Å². The minimum atomic E-state index is 0.304. The molecule has 2 aliphatic rings. The predicted molar refractivity (Wildman–Crippen MR) is 127 cm³/mol. The third kappa shape index (κ3) is 5.42. The number of likely N-dealkylation sites (N-methyl/N-ethyl adjacent to an activating group) is 1. The van der Waals surface area contributed by atoms with Crippen molar-refractivity contribution in [3.63, 3.8) is 0 Å². The van der Waals surface area contributed by atoms with E-state index >= 15 is 0 Å². The van der Waals surface area contributed by atoms with Gasteiger partial charge < -0.3 is 19.7 Å². The number of fused-ring (bicyclic) bond motifs is 1. The number of nitrogens with zero attached hydrogens (tertiary/aromatic N) is 1. The van der Waals surface area contributed by atoms with Gasteiger partial charge in [-0.25, -0.2) is 0 Å². The Morgan fingerprint density at radius 1 is 1.03 bits per heavy atom. The van der Waals surface area contributed by atoms with Crippen molar-refractivity contribution in [2.24, 2.45) is 11.8 Å². The second-order valence-corrected chi connectivity index (χ2v) is 9.76. The number of methoxy groups -OCH3 is 1. The minimum absolute atomic E-state index is 0.304. The molecule has 4 heteroatoms. The second-order valence-electron chi connectivity index (χ2n) is 9.76. The van der Waals surface area contributed by atoms with E-state index in [0.717, 1.165) is 44.1 Å². The molecular formula is C27H38N2O2. The summed E-state index contributed by atoms with van der Waals surface area (Å²) in [5, 5.41) is 3.49.